The van der Waals surface area contributed by atoms with Crippen LogP contribution in [-0.4, -0.2) is 53.9 Å². The first-order valence-corrected chi connectivity index (χ1v) is 7.56. The minimum atomic E-state index is -0.263. The fourth-order valence-corrected chi connectivity index (χ4v) is 3.06. The standard InChI is InChI=1S/C16H22N2O3/c1-11-10-21-13(9-19)8-18(11)16(20)15-7-6-12-4-2-3-5-14(12)17-15/h2-5,11,13,15,17,19H,6-10H2,1H3. The van der Waals surface area contributed by atoms with E-state index in [9.17, 15) is 9.90 Å². The van der Waals surface area contributed by atoms with Crippen molar-refractivity contribution in [3.63, 3.8) is 0 Å². The molecule has 0 bridgehead atoms. The average Bonchev–Trinajstić information content (AvgIpc) is 2.54. The number of morpholine rings is 1. The molecule has 2 aliphatic rings. The summed E-state index contributed by atoms with van der Waals surface area (Å²) in [6.45, 7) is 2.90. The van der Waals surface area contributed by atoms with Crippen LogP contribution in [0.2, 0.25) is 0 Å². The van der Waals surface area contributed by atoms with E-state index in [1.807, 2.05) is 30.0 Å². The van der Waals surface area contributed by atoms with Crippen LogP contribution in [0.5, 0.6) is 0 Å². The molecule has 2 heterocycles. The molecule has 0 aromatic heterocycles. The Morgan fingerprint density at radius 1 is 1.48 bits per heavy atom. The fourth-order valence-electron chi connectivity index (χ4n) is 3.06. The van der Waals surface area contributed by atoms with Crippen molar-refractivity contribution < 1.29 is 14.6 Å². The van der Waals surface area contributed by atoms with Crippen LogP contribution in [0, 0.1) is 0 Å². The monoisotopic (exact) mass is 290 g/mol. The van der Waals surface area contributed by atoms with Crippen molar-refractivity contribution in [2.24, 2.45) is 0 Å². The van der Waals surface area contributed by atoms with Crippen LogP contribution >= 0.6 is 0 Å². The third kappa shape index (κ3) is 2.89. The van der Waals surface area contributed by atoms with E-state index in [4.69, 9.17) is 4.74 Å². The summed E-state index contributed by atoms with van der Waals surface area (Å²) in [5.74, 6) is 0.110. The van der Waals surface area contributed by atoms with Gasteiger partial charge < -0.3 is 20.1 Å². The number of hydrogen-bond acceptors (Lipinski definition) is 4. The van der Waals surface area contributed by atoms with Crippen molar-refractivity contribution in [1.29, 1.82) is 0 Å². The van der Waals surface area contributed by atoms with Crippen molar-refractivity contribution in [3.05, 3.63) is 29.8 Å². The topological polar surface area (TPSA) is 61.8 Å². The van der Waals surface area contributed by atoms with Gasteiger partial charge in [-0.15, -0.1) is 0 Å². The van der Waals surface area contributed by atoms with Gasteiger partial charge >= 0.3 is 0 Å². The van der Waals surface area contributed by atoms with Crippen LogP contribution in [-0.2, 0) is 16.0 Å². The van der Waals surface area contributed by atoms with Gasteiger partial charge in [0.25, 0.3) is 0 Å². The summed E-state index contributed by atoms with van der Waals surface area (Å²) >= 11 is 0. The minimum absolute atomic E-state index is 0.0442. The second kappa shape index (κ2) is 6.03. The number of rotatable bonds is 2. The summed E-state index contributed by atoms with van der Waals surface area (Å²) in [6, 6.07) is 8.01. The number of nitrogens with one attached hydrogen (secondary N) is 1. The maximum atomic E-state index is 12.8. The maximum absolute atomic E-state index is 12.8. The highest BCUT2D eigenvalue weighted by Gasteiger charge is 2.34. The molecule has 1 fully saturated rings. The molecule has 1 aromatic carbocycles. The quantitative estimate of drug-likeness (QED) is 0.854. The molecule has 3 rings (SSSR count). The van der Waals surface area contributed by atoms with Crippen molar-refractivity contribution in [1.82, 2.24) is 4.90 Å². The van der Waals surface area contributed by atoms with E-state index in [1.165, 1.54) is 5.56 Å². The molecule has 0 saturated carbocycles. The molecule has 1 amide bonds. The van der Waals surface area contributed by atoms with Crippen LogP contribution in [0.1, 0.15) is 18.9 Å². The van der Waals surface area contributed by atoms with Gasteiger partial charge in [0, 0.05) is 12.2 Å². The number of fused-ring (bicyclic) bond motifs is 1. The average molecular weight is 290 g/mol. The Balaban J connectivity index is 1.71. The molecule has 21 heavy (non-hydrogen) atoms. The third-order valence-electron chi connectivity index (χ3n) is 4.34. The Morgan fingerprint density at radius 3 is 3.10 bits per heavy atom. The lowest BCUT2D eigenvalue weighted by molar-refractivity contribution is -0.147. The van der Waals surface area contributed by atoms with Gasteiger partial charge in [0.05, 0.1) is 25.4 Å². The molecule has 5 heteroatoms. The summed E-state index contributed by atoms with van der Waals surface area (Å²) in [4.78, 5) is 14.6. The SMILES string of the molecule is CC1COC(CO)CN1C(=O)C1CCc2ccccc2N1. The van der Waals surface area contributed by atoms with E-state index < -0.39 is 0 Å². The first-order valence-electron chi connectivity index (χ1n) is 7.56. The Morgan fingerprint density at radius 2 is 2.29 bits per heavy atom. The summed E-state index contributed by atoms with van der Waals surface area (Å²) in [6.07, 6.45) is 1.46. The number of ether oxygens (including phenoxy) is 1. The molecule has 3 atom stereocenters. The Bertz CT molecular complexity index is 520. The van der Waals surface area contributed by atoms with E-state index >= 15 is 0 Å². The van der Waals surface area contributed by atoms with Crippen molar-refractivity contribution in [2.75, 3.05) is 25.1 Å². The lowest BCUT2D eigenvalue weighted by atomic mass is 9.96. The zero-order valence-corrected chi connectivity index (χ0v) is 12.3. The first-order chi connectivity index (χ1) is 10.2. The van der Waals surface area contributed by atoms with Gasteiger partial charge in [0.15, 0.2) is 0 Å². The van der Waals surface area contributed by atoms with Crippen LogP contribution in [0.25, 0.3) is 0 Å². The number of carbonyl (C=O) groups excluding carboxylic acids is 1. The smallest absolute Gasteiger partial charge is 0.245 e. The number of aliphatic hydroxyl groups excluding tert-OH is 1. The normalized spacial score (nSPS) is 28.7. The number of nitrogens with zero attached hydrogens (tertiary/aromatic N) is 1. The number of aliphatic hydroxyl groups is 1. The Labute approximate surface area is 124 Å². The second-order valence-electron chi connectivity index (χ2n) is 5.87. The van der Waals surface area contributed by atoms with Crippen molar-refractivity contribution in [3.8, 4) is 0 Å². The molecule has 114 valence electrons. The highest BCUT2D eigenvalue weighted by atomic mass is 16.5. The van der Waals surface area contributed by atoms with Crippen LogP contribution in [0.4, 0.5) is 5.69 Å². The van der Waals surface area contributed by atoms with Gasteiger partial charge in [0.2, 0.25) is 5.91 Å². The summed E-state index contributed by atoms with van der Waals surface area (Å²) in [5.41, 5.74) is 2.33. The highest BCUT2D eigenvalue weighted by molar-refractivity contribution is 5.86. The zero-order valence-electron chi connectivity index (χ0n) is 12.3. The van der Waals surface area contributed by atoms with Crippen LogP contribution in [0.3, 0.4) is 0 Å². The number of amides is 1. The molecule has 3 unspecified atom stereocenters. The van der Waals surface area contributed by atoms with Gasteiger partial charge in [-0.2, -0.15) is 0 Å². The largest absolute Gasteiger partial charge is 0.394 e. The molecule has 5 nitrogen and oxygen atoms in total. The molecule has 1 saturated heterocycles. The van der Waals surface area contributed by atoms with Crippen molar-refractivity contribution >= 4 is 11.6 Å². The van der Waals surface area contributed by atoms with Gasteiger partial charge in [-0.05, 0) is 31.4 Å². The molecule has 2 N–H and O–H groups in total. The van der Waals surface area contributed by atoms with E-state index in [1.54, 1.807) is 0 Å². The molecule has 0 aliphatic carbocycles. The van der Waals surface area contributed by atoms with E-state index in [0.29, 0.717) is 13.2 Å². The molecule has 0 radical (unpaired) electrons. The number of hydrogen-bond donors (Lipinski definition) is 2. The molecular weight excluding hydrogens is 268 g/mol. The molecule has 2 aliphatic heterocycles. The number of anilines is 1. The predicted molar refractivity (Wildman–Crippen MR) is 80.2 cm³/mol. The van der Waals surface area contributed by atoms with Crippen molar-refractivity contribution in [2.45, 2.75) is 38.0 Å². The Hall–Kier alpha value is -1.59. The van der Waals surface area contributed by atoms with Crippen LogP contribution < -0.4 is 5.32 Å². The van der Waals surface area contributed by atoms with Gasteiger partial charge in [-0.1, -0.05) is 18.2 Å². The summed E-state index contributed by atoms with van der Waals surface area (Å²) in [5, 5.41) is 12.6. The van der Waals surface area contributed by atoms with Gasteiger partial charge in [0.1, 0.15) is 6.04 Å². The van der Waals surface area contributed by atoms with E-state index in [-0.39, 0.29) is 30.7 Å². The Kier molecular flexibility index (Phi) is 4.12. The number of carbonyl (C=O) groups is 1. The van der Waals surface area contributed by atoms with E-state index in [0.717, 1.165) is 18.5 Å². The minimum Gasteiger partial charge on any atom is -0.394 e. The third-order valence-corrected chi connectivity index (χ3v) is 4.34. The number of benzene rings is 1. The van der Waals surface area contributed by atoms with Crippen LogP contribution in [0.15, 0.2) is 24.3 Å². The zero-order chi connectivity index (χ0) is 14.8. The number of para-hydroxylation sites is 1. The molecule has 1 aromatic rings. The predicted octanol–water partition coefficient (Wildman–Crippen LogP) is 1.02. The van der Waals surface area contributed by atoms with E-state index in [2.05, 4.69) is 11.4 Å². The fraction of sp³-hybridized carbons (Fsp3) is 0.562. The molecule has 0 spiro atoms. The second-order valence-corrected chi connectivity index (χ2v) is 5.87. The summed E-state index contributed by atoms with van der Waals surface area (Å²) in [7, 11) is 0. The molecular formula is C16H22N2O3. The first kappa shape index (κ1) is 14.4. The van der Waals surface area contributed by atoms with Gasteiger partial charge in [-0.25, -0.2) is 0 Å². The lowest BCUT2D eigenvalue weighted by Crippen LogP contribution is -2.56. The summed E-state index contributed by atoms with van der Waals surface area (Å²) < 4.78 is 5.50. The number of aryl methyl sites for hydroxylation is 1. The lowest BCUT2D eigenvalue weighted by Gasteiger charge is -2.40. The van der Waals surface area contributed by atoms with Gasteiger partial charge in [-0.3, -0.25) is 4.79 Å². The highest BCUT2D eigenvalue weighted by Crippen LogP contribution is 2.26. The maximum Gasteiger partial charge on any atom is 0.245 e.